The standard InChI is InChI=1S/C48H61N5O9S/c1-5-62-43-29-36(14-16-42(43)61-3)41(30-63(4,59)60)53-47(57)39-27-32(28-40(49-31(2)54)45(39)48(53)58)9-7-6-8-22-51-23-20-37(21-24-51)52-25-18-34(19-26-52)33-10-12-35(13-11-33)38-15-17-44(55)50-46(38)56/h10-14,16,27-29,34,37-38,41H,5-9,15,17-26,30H2,1-4H3,(H,49,54)(H,50,55,56). The third-order valence-corrected chi connectivity index (χ3v) is 14.0. The molecule has 4 aliphatic rings. The molecule has 338 valence electrons. The molecule has 0 spiro atoms. The van der Waals surface area contributed by atoms with Gasteiger partial charge >= 0.3 is 0 Å². The number of piperidine rings is 3. The molecule has 3 aromatic rings. The number of carbonyl (C=O) groups excluding carboxylic acids is 5. The van der Waals surface area contributed by atoms with Gasteiger partial charge in [0.05, 0.1) is 48.2 Å². The highest BCUT2D eigenvalue weighted by Gasteiger charge is 2.44. The lowest BCUT2D eigenvalue weighted by atomic mass is 9.85. The summed E-state index contributed by atoms with van der Waals surface area (Å²) < 4.78 is 36.6. The Morgan fingerprint density at radius 2 is 1.57 bits per heavy atom. The molecule has 15 heteroatoms. The fourth-order valence-corrected chi connectivity index (χ4v) is 10.8. The lowest BCUT2D eigenvalue weighted by Crippen LogP contribution is -2.47. The second kappa shape index (κ2) is 20.2. The van der Waals surface area contributed by atoms with E-state index in [2.05, 4.69) is 44.7 Å². The maximum Gasteiger partial charge on any atom is 0.264 e. The van der Waals surface area contributed by atoms with Crippen LogP contribution in [0.2, 0.25) is 0 Å². The first-order valence-corrected chi connectivity index (χ1v) is 24.5. The number of imide groups is 2. The molecule has 4 aliphatic heterocycles. The molecule has 7 rings (SSSR count). The van der Waals surface area contributed by atoms with Gasteiger partial charge in [-0.2, -0.15) is 0 Å². The zero-order chi connectivity index (χ0) is 44.8. The van der Waals surface area contributed by atoms with Crippen molar-refractivity contribution in [1.82, 2.24) is 20.0 Å². The number of hydrogen-bond donors (Lipinski definition) is 2. The Labute approximate surface area is 371 Å². The predicted octanol–water partition coefficient (Wildman–Crippen LogP) is 6.01. The molecule has 3 fully saturated rings. The Hall–Kier alpha value is -5.12. The number of carbonyl (C=O) groups is 5. The van der Waals surface area contributed by atoms with Crippen LogP contribution in [0.4, 0.5) is 5.69 Å². The normalized spacial score (nSPS) is 19.8. The average molecular weight is 884 g/mol. The lowest BCUT2D eigenvalue weighted by molar-refractivity contribution is -0.134. The first kappa shape index (κ1) is 45.9. The summed E-state index contributed by atoms with van der Waals surface area (Å²) in [5.41, 5.74) is 3.98. The molecule has 2 unspecified atom stereocenters. The van der Waals surface area contributed by atoms with E-state index in [1.165, 1.54) is 19.6 Å². The van der Waals surface area contributed by atoms with Crippen LogP contribution in [0.25, 0.3) is 0 Å². The van der Waals surface area contributed by atoms with E-state index in [0.29, 0.717) is 54.9 Å². The SMILES string of the molecule is CCOc1cc(C(CS(C)(=O)=O)N2C(=O)c3cc(CCCCCN4CCC(N5CCC(c6ccc(C7CCC(=O)NC7=O)cc6)CC5)CC4)cc(NC(C)=O)c3C2=O)ccc1OC. The molecule has 2 atom stereocenters. The zero-order valence-corrected chi connectivity index (χ0v) is 37.8. The van der Waals surface area contributed by atoms with Gasteiger partial charge < -0.3 is 24.6 Å². The largest absolute Gasteiger partial charge is 0.493 e. The van der Waals surface area contributed by atoms with Gasteiger partial charge in [-0.05, 0) is 143 Å². The molecule has 63 heavy (non-hydrogen) atoms. The van der Waals surface area contributed by atoms with Gasteiger partial charge in [0.25, 0.3) is 11.8 Å². The number of likely N-dealkylation sites (tertiary alicyclic amines) is 2. The molecule has 3 saturated heterocycles. The summed E-state index contributed by atoms with van der Waals surface area (Å²) in [4.78, 5) is 70.8. The molecule has 2 N–H and O–H groups in total. The van der Waals surface area contributed by atoms with Crippen LogP contribution in [-0.2, 0) is 30.6 Å². The highest BCUT2D eigenvalue weighted by molar-refractivity contribution is 7.90. The van der Waals surface area contributed by atoms with Gasteiger partial charge in [-0.3, -0.25) is 34.2 Å². The van der Waals surface area contributed by atoms with E-state index in [-0.39, 0.29) is 40.5 Å². The summed E-state index contributed by atoms with van der Waals surface area (Å²) in [6.45, 7) is 8.83. The van der Waals surface area contributed by atoms with Gasteiger partial charge in [0.15, 0.2) is 11.5 Å². The number of rotatable bonds is 17. The highest BCUT2D eigenvalue weighted by atomic mass is 32.2. The van der Waals surface area contributed by atoms with Gasteiger partial charge in [-0.15, -0.1) is 0 Å². The number of nitrogens with zero attached hydrogens (tertiary/aromatic N) is 3. The molecule has 0 radical (unpaired) electrons. The number of aryl methyl sites for hydroxylation is 1. The molecular formula is C48H61N5O9S. The Kier molecular flexibility index (Phi) is 14.7. The van der Waals surface area contributed by atoms with E-state index >= 15 is 0 Å². The van der Waals surface area contributed by atoms with E-state index in [9.17, 15) is 32.4 Å². The van der Waals surface area contributed by atoms with Crippen LogP contribution < -0.4 is 20.1 Å². The highest BCUT2D eigenvalue weighted by Crippen LogP contribution is 2.40. The van der Waals surface area contributed by atoms with Crippen molar-refractivity contribution in [3.8, 4) is 11.5 Å². The molecule has 5 amide bonds. The molecule has 14 nitrogen and oxygen atoms in total. The number of benzene rings is 3. The van der Waals surface area contributed by atoms with Crippen molar-refractivity contribution in [3.63, 3.8) is 0 Å². The number of amides is 5. The maximum atomic E-state index is 14.2. The smallest absolute Gasteiger partial charge is 0.264 e. The Balaban J connectivity index is 0.895. The van der Waals surface area contributed by atoms with E-state index in [4.69, 9.17) is 9.47 Å². The molecule has 0 aliphatic carbocycles. The van der Waals surface area contributed by atoms with Crippen molar-refractivity contribution in [2.75, 3.05) is 63.8 Å². The van der Waals surface area contributed by atoms with Crippen LogP contribution in [0.15, 0.2) is 54.6 Å². The summed E-state index contributed by atoms with van der Waals surface area (Å²) in [5.74, 6) is -1.49. The van der Waals surface area contributed by atoms with Crippen LogP contribution >= 0.6 is 0 Å². The Morgan fingerprint density at radius 3 is 2.22 bits per heavy atom. The monoisotopic (exact) mass is 883 g/mol. The molecule has 3 aromatic carbocycles. The third-order valence-electron chi connectivity index (χ3n) is 13.1. The van der Waals surface area contributed by atoms with Crippen LogP contribution in [-0.4, -0.2) is 117 Å². The van der Waals surface area contributed by atoms with E-state index in [1.54, 1.807) is 37.3 Å². The second-order valence-electron chi connectivity index (χ2n) is 17.5. The number of hydrogen-bond acceptors (Lipinski definition) is 11. The molecule has 0 bridgehead atoms. The molecule has 0 aromatic heterocycles. The van der Waals surface area contributed by atoms with Crippen molar-refractivity contribution >= 4 is 45.1 Å². The predicted molar refractivity (Wildman–Crippen MR) is 240 cm³/mol. The third kappa shape index (κ3) is 11.0. The van der Waals surface area contributed by atoms with Crippen molar-refractivity contribution in [2.24, 2.45) is 0 Å². The zero-order valence-electron chi connectivity index (χ0n) is 37.0. The fraction of sp³-hybridized carbons (Fsp3) is 0.521. The summed E-state index contributed by atoms with van der Waals surface area (Å²) in [6.07, 6.45) is 10.1. The minimum atomic E-state index is -3.68. The molecule has 4 heterocycles. The minimum Gasteiger partial charge on any atom is -0.493 e. The number of anilines is 1. The van der Waals surface area contributed by atoms with Crippen molar-refractivity contribution in [3.05, 3.63) is 88.0 Å². The lowest BCUT2D eigenvalue weighted by Gasteiger charge is -2.42. The van der Waals surface area contributed by atoms with Crippen molar-refractivity contribution in [2.45, 2.75) is 102 Å². The van der Waals surface area contributed by atoms with Crippen LogP contribution in [0.3, 0.4) is 0 Å². The summed E-state index contributed by atoms with van der Waals surface area (Å²) in [5, 5.41) is 5.22. The van der Waals surface area contributed by atoms with Crippen molar-refractivity contribution < 1.29 is 41.9 Å². The maximum absolute atomic E-state index is 14.2. The molecule has 0 saturated carbocycles. The van der Waals surface area contributed by atoms with E-state index in [1.807, 2.05) is 0 Å². The number of methoxy groups -OCH3 is 1. The van der Waals surface area contributed by atoms with Gasteiger partial charge in [0.1, 0.15) is 9.84 Å². The van der Waals surface area contributed by atoms with Crippen LogP contribution in [0.5, 0.6) is 11.5 Å². The Bertz CT molecular complexity index is 2300. The molecular weight excluding hydrogens is 823 g/mol. The average Bonchev–Trinajstić information content (AvgIpc) is 3.51. The number of nitrogens with one attached hydrogen (secondary N) is 2. The van der Waals surface area contributed by atoms with Crippen molar-refractivity contribution in [1.29, 1.82) is 0 Å². The van der Waals surface area contributed by atoms with Crippen LogP contribution in [0, 0.1) is 0 Å². The number of sulfone groups is 1. The summed E-state index contributed by atoms with van der Waals surface area (Å²) in [7, 11) is -2.19. The van der Waals surface area contributed by atoms with Gasteiger partial charge in [0, 0.05) is 25.6 Å². The van der Waals surface area contributed by atoms with E-state index in [0.717, 1.165) is 100.0 Å². The first-order valence-electron chi connectivity index (χ1n) is 22.4. The topological polar surface area (TPSA) is 172 Å². The second-order valence-corrected chi connectivity index (χ2v) is 19.7. The van der Waals surface area contributed by atoms with E-state index < -0.39 is 33.4 Å². The first-order chi connectivity index (χ1) is 30.2. The summed E-state index contributed by atoms with van der Waals surface area (Å²) in [6, 6.07) is 16.3. The minimum absolute atomic E-state index is 0.0575. The van der Waals surface area contributed by atoms with Gasteiger partial charge in [-0.25, -0.2) is 8.42 Å². The number of ether oxygens (including phenoxy) is 2. The van der Waals surface area contributed by atoms with Crippen LogP contribution in [0.1, 0.15) is 132 Å². The number of unbranched alkanes of at least 4 members (excludes halogenated alkanes) is 2. The summed E-state index contributed by atoms with van der Waals surface area (Å²) >= 11 is 0. The fourth-order valence-electron chi connectivity index (χ4n) is 9.89. The quantitative estimate of drug-likeness (QED) is 0.120. The van der Waals surface area contributed by atoms with Gasteiger partial charge in [0.2, 0.25) is 17.7 Å². The van der Waals surface area contributed by atoms with Gasteiger partial charge in [-0.1, -0.05) is 36.8 Å². The number of fused-ring (bicyclic) bond motifs is 1. The Morgan fingerprint density at radius 1 is 0.857 bits per heavy atom.